The predicted octanol–water partition coefficient (Wildman–Crippen LogP) is 2.94. The second-order valence-electron chi connectivity index (χ2n) is 6.37. The van der Waals surface area contributed by atoms with Gasteiger partial charge in [-0.05, 0) is 36.1 Å². The fourth-order valence-corrected chi connectivity index (χ4v) is 4.94. The first-order valence-electron chi connectivity index (χ1n) is 9.61. The van der Waals surface area contributed by atoms with E-state index >= 15 is 0 Å². The topological polar surface area (TPSA) is 105 Å². The molecule has 0 saturated heterocycles. The first-order valence-corrected chi connectivity index (χ1v) is 12.0. The number of thiophene rings is 1. The van der Waals surface area contributed by atoms with Gasteiger partial charge >= 0.3 is 0 Å². The molecule has 0 aliphatic rings. The Bertz CT molecular complexity index is 955. The van der Waals surface area contributed by atoms with E-state index in [1.165, 1.54) is 41.0 Å². The van der Waals surface area contributed by atoms with Crippen molar-refractivity contribution < 1.29 is 22.7 Å². The van der Waals surface area contributed by atoms with Crippen molar-refractivity contribution in [1.29, 1.82) is 0 Å². The number of rotatable bonds is 11. The molecule has 0 saturated carbocycles. The summed E-state index contributed by atoms with van der Waals surface area (Å²) in [5.74, 6) is -0.101. The molecule has 0 unspecified atom stereocenters. The molecular formula is C20H27N3O5S2. The quantitative estimate of drug-likeness (QED) is 0.509. The van der Waals surface area contributed by atoms with Crippen molar-refractivity contribution in [3.63, 3.8) is 0 Å². The Morgan fingerprint density at radius 3 is 2.50 bits per heavy atom. The van der Waals surface area contributed by atoms with Crippen molar-refractivity contribution in [2.75, 3.05) is 32.1 Å². The van der Waals surface area contributed by atoms with E-state index < -0.39 is 10.0 Å². The number of hydrogen-bond donors (Lipinski definition) is 2. The molecule has 1 aromatic carbocycles. The summed E-state index contributed by atoms with van der Waals surface area (Å²) in [6.45, 7) is 4.59. The van der Waals surface area contributed by atoms with E-state index in [-0.39, 0.29) is 28.8 Å². The van der Waals surface area contributed by atoms with Crippen molar-refractivity contribution in [2.24, 2.45) is 0 Å². The highest BCUT2D eigenvalue weighted by molar-refractivity contribution is 7.89. The van der Waals surface area contributed by atoms with Gasteiger partial charge in [-0.15, -0.1) is 0 Å². The molecule has 1 heterocycles. The number of carbonyl (C=O) groups excluding carboxylic acids is 2. The smallest absolute Gasteiger partial charge is 0.252 e. The van der Waals surface area contributed by atoms with Gasteiger partial charge in [0.25, 0.3) is 5.91 Å². The van der Waals surface area contributed by atoms with Gasteiger partial charge in [0.2, 0.25) is 15.9 Å². The average Bonchev–Trinajstić information content (AvgIpc) is 3.26. The number of ether oxygens (including phenoxy) is 1. The Labute approximate surface area is 181 Å². The molecule has 2 rings (SSSR count). The van der Waals surface area contributed by atoms with Gasteiger partial charge in [-0.25, -0.2) is 8.42 Å². The molecule has 164 valence electrons. The third-order valence-corrected chi connectivity index (χ3v) is 7.17. The number of nitrogens with zero attached hydrogens (tertiary/aromatic N) is 1. The van der Waals surface area contributed by atoms with Crippen LogP contribution in [0.2, 0.25) is 0 Å². The lowest BCUT2D eigenvalue weighted by Crippen LogP contribution is -2.30. The Balaban J connectivity index is 1.99. The van der Waals surface area contributed by atoms with Crippen LogP contribution in [0, 0.1) is 0 Å². The van der Waals surface area contributed by atoms with Gasteiger partial charge in [-0.3, -0.25) is 9.59 Å². The second-order valence-corrected chi connectivity index (χ2v) is 9.09. The summed E-state index contributed by atoms with van der Waals surface area (Å²) in [4.78, 5) is 24.3. The number of anilines is 1. The van der Waals surface area contributed by atoms with Crippen molar-refractivity contribution in [3.05, 3.63) is 40.6 Å². The molecule has 0 aliphatic carbocycles. The summed E-state index contributed by atoms with van der Waals surface area (Å²) in [5.41, 5.74) is 0.887. The van der Waals surface area contributed by atoms with Crippen LogP contribution >= 0.6 is 11.3 Å². The zero-order chi connectivity index (χ0) is 22.1. The molecule has 0 spiro atoms. The number of methoxy groups -OCH3 is 1. The third-order valence-electron chi connectivity index (χ3n) is 4.44. The van der Waals surface area contributed by atoms with Gasteiger partial charge in [0.05, 0.1) is 17.7 Å². The van der Waals surface area contributed by atoms with Gasteiger partial charge < -0.3 is 15.4 Å². The molecule has 2 N–H and O–H groups in total. The summed E-state index contributed by atoms with van der Waals surface area (Å²) in [6, 6.07) is 6.12. The Hall–Kier alpha value is -2.43. The van der Waals surface area contributed by atoms with Crippen LogP contribution in [0.25, 0.3) is 0 Å². The molecule has 0 aliphatic heterocycles. The van der Waals surface area contributed by atoms with Crippen molar-refractivity contribution in [3.8, 4) is 5.75 Å². The first-order chi connectivity index (χ1) is 14.3. The molecule has 0 atom stereocenters. The molecule has 0 fully saturated rings. The van der Waals surface area contributed by atoms with Gasteiger partial charge in [-0.1, -0.05) is 13.8 Å². The third kappa shape index (κ3) is 6.04. The van der Waals surface area contributed by atoms with Crippen LogP contribution in [0.5, 0.6) is 5.75 Å². The van der Waals surface area contributed by atoms with E-state index in [1.807, 2.05) is 5.38 Å². The maximum Gasteiger partial charge on any atom is 0.252 e. The van der Waals surface area contributed by atoms with E-state index in [9.17, 15) is 18.0 Å². The molecule has 0 bridgehead atoms. The highest BCUT2D eigenvalue weighted by Gasteiger charge is 2.23. The van der Waals surface area contributed by atoms with Crippen LogP contribution in [0.3, 0.4) is 0 Å². The molecule has 8 nitrogen and oxygen atoms in total. The second kappa shape index (κ2) is 11.1. The molecule has 0 radical (unpaired) electrons. The molecule has 2 amide bonds. The van der Waals surface area contributed by atoms with Gasteiger partial charge in [0.15, 0.2) is 0 Å². The van der Waals surface area contributed by atoms with E-state index in [0.29, 0.717) is 37.4 Å². The minimum atomic E-state index is -3.66. The molecular weight excluding hydrogens is 426 g/mol. The average molecular weight is 454 g/mol. The SMILES string of the molecule is CCN(CC)S(=O)(=O)c1ccc(OC)c(NC(=O)CCCNC(=O)c2ccsc2)c1. The number of amides is 2. The molecule has 1 aromatic heterocycles. The zero-order valence-corrected chi connectivity index (χ0v) is 18.9. The largest absolute Gasteiger partial charge is 0.495 e. The Morgan fingerprint density at radius 1 is 1.17 bits per heavy atom. The standard InChI is InChI=1S/C20H27N3O5S2/c1-4-23(5-2)30(26,27)16-8-9-18(28-3)17(13-16)22-19(24)7-6-11-21-20(25)15-10-12-29-14-15/h8-10,12-14H,4-7,11H2,1-3H3,(H,21,25)(H,22,24). The summed E-state index contributed by atoms with van der Waals surface area (Å²) in [5, 5.41) is 9.05. The van der Waals surface area contributed by atoms with Crippen molar-refractivity contribution in [2.45, 2.75) is 31.6 Å². The van der Waals surface area contributed by atoms with E-state index in [0.717, 1.165) is 0 Å². The lowest BCUT2D eigenvalue weighted by atomic mass is 10.2. The minimum absolute atomic E-state index is 0.0883. The van der Waals surface area contributed by atoms with Gasteiger partial charge in [0.1, 0.15) is 5.75 Å². The Kier molecular flexibility index (Phi) is 8.82. The van der Waals surface area contributed by atoms with Crippen LogP contribution in [0.15, 0.2) is 39.9 Å². The minimum Gasteiger partial charge on any atom is -0.495 e. The van der Waals surface area contributed by atoms with Crippen molar-refractivity contribution in [1.82, 2.24) is 9.62 Å². The number of nitrogens with one attached hydrogen (secondary N) is 2. The summed E-state index contributed by atoms with van der Waals surface area (Å²) < 4.78 is 32.1. The monoisotopic (exact) mass is 453 g/mol. The summed E-state index contributed by atoms with van der Waals surface area (Å²) >= 11 is 1.44. The van der Waals surface area contributed by atoms with Gasteiger partial charge in [0, 0.05) is 37.0 Å². The Morgan fingerprint density at radius 2 is 1.90 bits per heavy atom. The highest BCUT2D eigenvalue weighted by atomic mass is 32.2. The molecule has 10 heteroatoms. The number of carbonyl (C=O) groups is 2. The van der Waals surface area contributed by atoms with Crippen LogP contribution in [-0.4, -0.2) is 51.3 Å². The lowest BCUT2D eigenvalue weighted by Gasteiger charge is -2.19. The summed E-state index contributed by atoms with van der Waals surface area (Å²) in [7, 11) is -2.21. The first kappa shape index (κ1) is 23.8. The van der Waals surface area contributed by atoms with E-state index in [4.69, 9.17) is 4.74 Å². The predicted molar refractivity (Wildman–Crippen MR) is 118 cm³/mol. The maximum absolute atomic E-state index is 12.7. The fourth-order valence-electron chi connectivity index (χ4n) is 2.82. The summed E-state index contributed by atoms with van der Waals surface area (Å²) in [6.07, 6.45) is 0.613. The zero-order valence-electron chi connectivity index (χ0n) is 17.3. The van der Waals surface area contributed by atoms with Crippen LogP contribution in [0.1, 0.15) is 37.0 Å². The van der Waals surface area contributed by atoms with E-state index in [2.05, 4.69) is 10.6 Å². The number of hydrogen-bond acceptors (Lipinski definition) is 6. The van der Waals surface area contributed by atoms with Gasteiger partial charge in [-0.2, -0.15) is 15.6 Å². The lowest BCUT2D eigenvalue weighted by molar-refractivity contribution is -0.116. The number of benzene rings is 1. The van der Waals surface area contributed by atoms with Crippen molar-refractivity contribution >= 4 is 38.9 Å². The normalized spacial score (nSPS) is 11.3. The molecule has 30 heavy (non-hydrogen) atoms. The van der Waals surface area contributed by atoms with Crippen LogP contribution in [0.4, 0.5) is 5.69 Å². The van der Waals surface area contributed by atoms with Crippen LogP contribution < -0.4 is 15.4 Å². The molecule has 2 aromatic rings. The fraction of sp³-hybridized carbons (Fsp3) is 0.400. The van der Waals surface area contributed by atoms with Crippen LogP contribution in [-0.2, 0) is 14.8 Å². The maximum atomic E-state index is 12.7. The van der Waals surface area contributed by atoms with E-state index in [1.54, 1.807) is 25.3 Å². The highest BCUT2D eigenvalue weighted by Crippen LogP contribution is 2.29. The number of sulfonamides is 1.